The number of imidazole rings is 1. The van der Waals surface area contributed by atoms with Crippen molar-refractivity contribution in [3.05, 3.63) is 47.0 Å². The highest BCUT2D eigenvalue weighted by Gasteiger charge is 2.20. The Labute approximate surface area is 118 Å². The molecule has 0 aliphatic heterocycles. The van der Waals surface area contributed by atoms with Crippen molar-refractivity contribution in [3.63, 3.8) is 0 Å². The molecule has 1 aliphatic rings. The zero-order chi connectivity index (χ0) is 13.2. The minimum Gasteiger partial charge on any atom is -0.310 e. The number of aromatic nitrogens is 2. The normalized spacial score (nSPS) is 14.8. The van der Waals surface area contributed by atoms with Gasteiger partial charge in [-0.3, -0.25) is 0 Å². The van der Waals surface area contributed by atoms with Gasteiger partial charge in [0, 0.05) is 36.4 Å². The van der Waals surface area contributed by atoms with E-state index >= 15 is 0 Å². The molecule has 1 aromatic carbocycles. The molecule has 0 amide bonds. The molecule has 3 nitrogen and oxygen atoms in total. The number of benzene rings is 1. The fraction of sp³-hybridized carbons (Fsp3) is 0.400. The monoisotopic (exact) mass is 275 g/mol. The molecule has 19 heavy (non-hydrogen) atoms. The van der Waals surface area contributed by atoms with E-state index in [0.29, 0.717) is 6.04 Å². The Morgan fingerprint density at radius 3 is 3.00 bits per heavy atom. The predicted octanol–water partition coefficient (Wildman–Crippen LogP) is 3.34. The molecule has 0 radical (unpaired) electrons. The molecule has 1 N–H and O–H groups in total. The quantitative estimate of drug-likeness (QED) is 0.907. The van der Waals surface area contributed by atoms with Gasteiger partial charge in [-0.25, -0.2) is 4.98 Å². The molecule has 0 spiro atoms. The van der Waals surface area contributed by atoms with Gasteiger partial charge in [-0.2, -0.15) is 0 Å². The van der Waals surface area contributed by atoms with Gasteiger partial charge >= 0.3 is 0 Å². The van der Waals surface area contributed by atoms with Crippen LogP contribution in [0.15, 0.2) is 30.6 Å². The van der Waals surface area contributed by atoms with E-state index < -0.39 is 0 Å². The summed E-state index contributed by atoms with van der Waals surface area (Å²) in [7, 11) is 0. The van der Waals surface area contributed by atoms with Crippen molar-refractivity contribution in [2.24, 2.45) is 0 Å². The summed E-state index contributed by atoms with van der Waals surface area (Å²) in [6, 6.07) is 6.76. The van der Waals surface area contributed by atoms with Crippen LogP contribution in [0.4, 0.5) is 0 Å². The second kappa shape index (κ2) is 5.35. The van der Waals surface area contributed by atoms with E-state index in [1.807, 2.05) is 24.5 Å². The van der Waals surface area contributed by atoms with Gasteiger partial charge in [0.05, 0.1) is 5.69 Å². The lowest BCUT2D eigenvalue weighted by Gasteiger charge is -2.13. The topological polar surface area (TPSA) is 29.9 Å². The highest BCUT2D eigenvalue weighted by molar-refractivity contribution is 6.30. The molecule has 1 heterocycles. The van der Waals surface area contributed by atoms with Crippen molar-refractivity contribution in [1.29, 1.82) is 0 Å². The summed E-state index contributed by atoms with van der Waals surface area (Å²) in [6.07, 6.45) is 7.38. The fourth-order valence-electron chi connectivity index (χ4n) is 2.29. The lowest BCUT2D eigenvalue weighted by Crippen LogP contribution is -2.17. The lowest BCUT2D eigenvalue weighted by molar-refractivity contribution is 0.683. The first kappa shape index (κ1) is 12.7. The SMILES string of the molecule is CCc1nccn1-c1ccc(Cl)cc1CNC1CC1. The minimum absolute atomic E-state index is 0.695. The first-order valence-corrected chi connectivity index (χ1v) is 7.20. The van der Waals surface area contributed by atoms with Gasteiger partial charge in [0.2, 0.25) is 0 Å². The van der Waals surface area contributed by atoms with E-state index in [4.69, 9.17) is 11.6 Å². The first-order valence-electron chi connectivity index (χ1n) is 6.82. The number of hydrogen-bond acceptors (Lipinski definition) is 2. The van der Waals surface area contributed by atoms with Crippen LogP contribution in [0.25, 0.3) is 5.69 Å². The molecule has 0 atom stereocenters. The molecule has 1 aromatic heterocycles. The van der Waals surface area contributed by atoms with Crippen LogP contribution in [0.5, 0.6) is 0 Å². The molecular weight excluding hydrogens is 258 g/mol. The zero-order valence-electron chi connectivity index (χ0n) is 11.1. The van der Waals surface area contributed by atoms with Gasteiger partial charge < -0.3 is 9.88 Å². The molecule has 0 unspecified atom stereocenters. The third kappa shape index (κ3) is 2.82. The van der Waals surface area contributed by atoms with Gasteiger partial charge in [0.15, 0.2) is 0 Å². The second-order valence-corrected chi connectivity index (χ2v) is 5.43. The average Bonchev–Trinajstić information content (AvgIpc) is 3.13. The predicted molar refractivity (Wildman–Crippen MR) is 77.8 cm³/mol. The number of rotatable bonds is 5. The minimum atomic E-state index is 0.695. The number of nitrogens with zero attached hydrogens (tertiary/aromatic N) is 2. The van der Waals surface area contributed by atoms with Gasteiger partial charge in [-0.15, -0.1) is 0 Å². The van der Waals surface area contributed by atoms with Crippen molar-refractivity contribution >= 4 is 11.6 Å². The maximum absolute atomic E-state index is 6.13. The maximum Gasteiger partial charge on any atom is 0.112 e. The Bertz CT molecular complexity index is 573. The van der Waals surface area contributed by atoms with Crippen molar-refractivity contribution in [2.75, 3.05) is 0 Å². The summed E-state index contributed by atoms with van der Waals surface area (Å²) in [6.45, 7) is 2.98. The van der Waals surface area contributed by atoms with Crippen molar-refractivity contribution in [2.45, 2.75) is 38.8 Å². The number of nitrogens with one attached hydrogen (secondary N) is 1. The molecule has 1 fully saturated rings. The molecule has 4 heteroatoms. The Morgan fingerprint density at radius 1 is 1.42 bits per heavy atom. The molecule has 2 aromatic rings. The van der Waals surface area contributed by atoms with Crippen LogP contribution in [0.1, 0.15) is 31.2 Å². The van der Waals surface area contributed by atoms with Crippen molar-refractivity contribution in [3.8, 4) is 5.69 Å². The molecule has 100 valence electrons. The Balaban J connectivity index is 1.94. The summed E-state index contributed by atoms with van der Waals surface area (Å²) in [4.78, 5) is 4.39. The summed E-state index contributed by atoms with van der Waals surface area (Å²) in [5.74, 6) is 1.08. The van der Waals surface area contributed by atoms with Crippen LogP contribution in [-0.4, -0.2) is 15.6 Å². The van der Waals surface area contributed by atoms with E-state index in [1.54, 1.807) is 0 Å². The highest BCUT2D eigenvalue weighted by Crippen LogP contribution is 2.24. The van der Waals surface area contributed by atoms with Crippen LogP contribution in [-0.2, 0) is 13.0 Å². The standard InChI is InChI=1S/C15H18ClN3/c1-2-15-17-7-8-19(15)14-6-3-12(16)9-11(14)10-18-13-4-5-13/h3,6-9,13,18H,2,4-5,10H2,1H3. The number of aryl methyl sites for hydroxylation is 1. The van der Waals surface area contributed by atoms with Crippen LogP contribution >= 0.6 is 11.6 Å². The molecule has 3 rings (SSSR count). The van der Waals surface area contributed by atoms with Crippen LogP contribution in [0.3, 0.4) is 0 Å². The number of hydrogen-bond donors (Lipinski definition) is 1. The van der Waals surface area contributed by atoms with Crippen LogP contribution in [0.2, 0.25) is 5.02 Å². The third-order valence-electron chi connectivity index (χ3n) is 3.49. The van der Waals surface area contributed by atoms with Crippen LogP contribution < -0.4 is 5.32 Å². The van der Waals surface area contributed by atoms with E-state index in [9.17, 15) is 0 Å². The summed E-state index contributed by atoms with van der Waals surface area (Å²) in [5, 5.41) is 4.33. The summed E-state index contributed by atoms with van der Waals surface area (Å²) in [5.41, 5.74) is 2.40. The van der Waals surface area contributed by atoms with E-state index in [2.05, 4.69) is 27.9 Å². The molecule has 0 bridgehead atoms. The summed E-state index contributed by atoms with van der Waals surface area (Å²) < 4.78 is 2.15. The Morgan fingerprint density at radius 2 is 2.26 bits per heavy atom. The molecular formula is C15H18ClN3. The lowest BCUT2D eigenvalue weighted by atomic mass is 10.1. The van der Waals surface area contributed by atoms with Gasteiger partial charge in [-0.1, -0.05) is 18.5 Å². The van der Waals surface area contributed by atoms with Crippen molar-refractivity contribution < 1.29 is 0 Å². The maximum atomic E-state index is 6.13. The average molecular weight is 276 g/mol. The third-order valence-corrected chi connectivity index (χ3v) is 3.73. The van der Waals surface area contributed by atoms with Gasteiger partial charge in [0.25, 0.3) is 0 Å². The second-order valence-electron chi connectivity index (χ2n) is 5.00. The Kier molecular flexibility index (Phi) is 3.58. The van der Waals surface area contributed by atoms with E-state index in [0.717, 1.165) is 23.8 Å². The zero-order valence-corrected chi connectivity index (χ0v) is 11.8. The van der Waals surface area contributed by atoms with E-state index in [-0.39, 0.29) is 0 Å². The van der Waals surface area contributed by atoms with Crippen LogP contribution in [0, 0.1) is 0 Å². The van der Waals surface area contributed by atoms with Crippen molar-refractivity contribution in [1.82, 2.24) is 14.9 Å². The number of halogens is 1. The highest BCUT2D eigenvalue weighted by atomic mass is 35.5. The molecule has 0 saturated heterocycles. The largest absolute Gasteiger partial charge is 0.310 e. The summed E-state index contributed by atoms with van der Waals surface area (Å²) >= 11 is 6.13. The van der Waals surface area contributed by atoms with Gasteiger partial charge in [-0.05, 0) is 36.6 Å². The van der Waals surface area contributed by atoms with Gasteiger partial charge in [0.1, 0.15) is 5.82 Å². The Hall–Kier alpha value is -1.32. The smallest absolute Gasteiger partial charge is 0.112 e. The first-order chi connectivity index (χ1) is 9.28. The molecule has 1 aliphatic carbocycles. The van der Waals surface area contributed by atoms with E-state index in [1.165, 1.54) is 24.1 Å². The fourth-order valence-corrected chi connectivity index (χ4v) is 2.48. The molecule has 1 saturated carbocycles.